The number of nitrogens with zero attached hydrogens (tertiary/aromatic N) is 2. The van der Waals surface area contributed by atoms with E-state index in [0.29, 0.717) is 6.04 Å². The number of hydrogen-bond acceptors (Lipinski definition) is 4. The summed E-state index contributed by atoms with van der Waals surface area (Å²) < 4.78 is 0. The first kappa shape index (κ1) is 14.8. The second kappa shape index (κ2) is 6.71. The summed E-state index contributed by atoms with van der Waals surface area (Å²) >= 11 is 1.87. The molecular formula is C15H27N3S. The van der Waals surface area contributed by atoms with Crippen molar-refractivity contribution < 1.29 is 0 Å². The molecule has 1 heterocycles. The molecule has 1 aliphatic carbocycles. The van der Waals surface area contributed by atoms with Crippen molar-refractivity contribution in [3.63, 3.8) is 0 Å². The zero-order chi connectivity index (χ0) is 13.8. The van der Waals surface area contributed by atoms with Crippen molar-refractivity contribution in [2.45, 2.75) is 53.0 Å². The summed E-state index contributed by atoms with van der Waals surface area (Å²) in [5.41, 5.74) is 1.20. The maximum absolute atomic E-state index is 4.80. The van der Waals surface area contributed by atoms with Crippen molar-refractivity contribution in [3.8, 4) is 0 Å². The average Bonchev–Trinajstić information content (AvgIpc) is 3.14. The standard InChI is InChI=1S/C15H27N3S/c1-5-9-16-11(3)14-12(4)17-15(19-14)18(6-2)10-13-7-8-13/h11,13,16H,5-10H2,1-4H3. The molecule has 1 unspecified atom stereocenters. The van der Waals surface area contributed by atoms with E-state index in [1.807, 2.05) is 11.3 Å². The smallest absolute Gasteiger partial charge is 0.185 e. The Morgan fingerprint density at radius 2 is 2.16 bits per heavy atom. The lowest BCUT2D eigenvalue weighted by atomic mass is 10.2. The van der Waals surface area contributed by atoms with Crippen molar-refractivity contribution in [1.82, 2.24) is 10.3 Å². The van der Waals surface area contributed by atoms with Crippen LogP contribution in [0.4, 0.5) is 5.13 Å². The average molecular weight is 281 g/mol. The monoisotopic (exact) mass is 281 g/mol. The summed E-state index contributed by atoms with van der Waals surface area (Å²) in [5, 5.41) is 4.78. The van der Waals surface area contributed by atoms with Gasteiger partial charge in [-0.05, 0) is 52.5 Å². The molecule has 0 radical (unpaired) electrons. The molecule has 1 atom stereocenters. The minimum absolute atomic E-state index is 0.422. The Morgan fingerprint density at radius 3 is 2.74 bits per heavy atom. The number of nitrogens with one attached hydrogen (secondary N) is 1. The van der Waals surface area contributed by atoms with Crippen LogP contribution in [0.2, 0.25) is 0 Å². The second-order valence-electron chi connectivity index (χ2n) is 5.60. The summed E-state index contributed by atoms with van der Waals surface area (Å²) in [4.78, 5) is 8.65. The van der Waals surface area contributed by atoms with E-state index in [0.717, 1.165) is 19.0 Å². The third kappa shape index (κ3) is 3.93. The van der Waals surface area contributed by atoms with Gasteiger partial charge in [-0.25, -0.2) is 4.98 Å². The zero-order valence-corrected chi connectivity index (χ0v) is 13.5. The van der Waals surface area contributed by atoms with Crippen molar-refractivity contribution >= 4 is 16.5 Å². The predicted molar refractivity (Wildman–Crippen MR) is 84.2 cm³/mol. The Bertz CT molecular complexity index is 398. The van der Waals surface area contributed by atoms with Gasteiger partial charge >= 0.3 is 0 Å². The van der Waals surface area contributed by atoms with Crippen LogP contribution >= 0.6 is 11.3 Å². The van der Waals surface area contributed by atoms with Crippen LogP contribution in [0.15, 0.2) is 0 Å². The number of aromatic nitrogens is 1. The molecule has 2 rings (SSSR count). The predicted octanol–water partition coefficient (Wildman–Crippen LogP) is 3.75. The maximum Gasteiger partial charge on any atom is 0.185 e. The van der Waals surface area contributed by atoms with Gasteiger partial charge in [-0.15, -0.1) is 11.3 Å². The first-order valence-corrected chi connectivity index (χ1v) is 8.43. The lowest BCUT2D eigenvalue weighted by molar-refractivity contribution is 0.575. The van der Waals surface area contributed by atoms with Gasteiger partial charge in [0.15, 0.2) is 5.13 Å². The van der Waals surface area contributed by atoms with E-state index < -0.39 is 0 Å². The fourth-order valence-electron chi connectivity index (χ4n) is 2.34. The lowest BCUT2D eigenvalue weighted by Gasteiger charge is -2.19. The maximum atomic E-state index is 4.80. The van der Waals surface area contributed by atoms with Crippen LogP contribution in [0.1, 0.15) is 56.6 Å². The van der Waals surface area contributed by atoms with E-state index >= 15 is 0 Å². The number of hydrogen-bond donors (Lipinski definition) is 1. The highest BCUT2D eigenvalue weighted by Gasteiger charge is 2.25. The van der Waals surface area contributed by atoms with Gasteiger partial charge in [0.1, 0.15) is 0 Å². The van der Waals surface area contributed by atoms with Crippen LogP contribution in [-0.2, 0) is 0 Å². The van der Waals surface area contributed by atoms with E-state index in [9.17, 15) is 0 Å². The van der Waals surface area contributed by atoms with Gasteiger partial charge in [0.25, 0.3) is 0 Å². The van der Waals surface area contributed by atoms with Gasteiger partial charge in [-0.1, -0.05) is 6.92 Å². The number of anilines is 1. The van der Waals surface area contributed by atoms with E-state index in [1.165, 1.54) is 41.5 Å². The van der Waals surface area contributed by atoms with E-state index in [2.05, 4.69) is 37.9 Å². The molecule has 4 heteroatoms. The van der Waals surface area contributed by atoms with Crippen LogP contribution < -0.4 is 10.2 Å². The van der Waals surface area contributed by atoms with E-state index in [-0.39, 0.29) is 0 Å². The fourth-order valence-corrected chi connectivity index (χ4v) is 3.50. The van der Waals surface area contributed by atoms with Crippen molar-refractivity contribution in [1.29, 1.82) is 0 Å². The molecule has 108 valence electrons. The molecule has 0 aliphatic heterocycles. The van der Waals surface area contributed by atoms with Crippen LogP contribution in [-0.4, -0.2) is 24.6 Å². The van der Waals surface area contributed by atoms with Crippen LogP contribution in [0.3, 0.4) is 0 Å². The molecule has 19 heavy (non-hydrogen) atoms. The second-order valence-corrected chi connectivity index (χ2v) is 6.61. The number of rotatable bonds is 8. The Morgan fingerprint density at radius 1 is 1.42 bits per heavy atom. The molecule has 0 bridgehead atoms. The highest BCUT2D eigenvalue weighted by molar-refractivity contribution is 7.15. The summed E-state index contributed by atoms with van der Waals surface area (Å²) in [7, 11) is 0. The molecule has 0 saturated heterocycles. The third-order valence-electron chi connectivity index (χ3n) is 3.74. The SMILES string of the molecule is CCCNC(C)c1sc(N(CC)CC2CC2)nc1C. The third-order valence-corrected chi connectivity index (χ3v) is 5.14. The van der Waals surface area contributed by atoms with Crippen LogP contribution in [0, 0.1) is 12.8 Å². The minimum atomic E-state index is 0.422. The van der Waals surface area contributed by atoms with Gasteiger partial charge in [0.05, 0.1) is 5.69 Å². The normalized spacial score (nSPS) is 16.6. The fraction of sp³-hybridized carbons (Fsp3) is 0.800. The highest BCUT2D eigenvalue weighted by atomic mass is 32.1. The van der Waals surface area contributed by atoms with Gasteiger partial charge in [-0.2, -0.15) is 0 Å². The summed E-state index contributed by atoms with van der Waals surface area (Å²) in [6, 6.07) is 0.422. The first-order chi connectivity index (χ1) is 9.15. The van der Waals surface area contributed by atoms with Gasteiger partial charge in [-0.3, -0.25) is 0 Å². The molecule has 0 spiro atoms. The van der Waals surface area contributed by atoms with Gasteiger partial charge in [0, 0.05) is 24.0 Å². The largest absolute Gasteiger partial charge is 0.348 e. The topological polar surface area (TPSA) is 28.2 Å². The molecule has 0 aromatic carbocycles. The zero-order valence-electron chi connectivity index (χ0n) is 12.7. The first-order valence-electron chi connectivity index (χ1n) is 7.61. The van der Waals surface area contributed by atoms with Crippen molar-refractivity contribution in [3.05, 3.63) is 10.6 Å². The summed E-state index contributed by atoms with van der Waals surface area (Å²) in [6.07, 6.45) is 3.99. The summed E-state index contributed by atoms with van der Waals surface area (Å²) in [6.45, 7) is 12.2. The molecule has 1 saturated carbocycles. The molecule has 1 aliphatic rings. The quantitative estimate of drug-likeness (QED) is 0.786. The molecule has 1 aromatic rings. The highest BCUT2D eigenvalue weighted by Crippen LogP contribution is 2.35. The van der Waals surface area contributed by atoms with E-state index in [1.54, 1.807) is 0 Å². The summed E-state index contributed by atoms with van der Waals surface area (Å²) in [5.74, 6) is 0.920. The Labute approximate surface area is 121 Å². The van der Waals surface area contributed by atoms with Crippen molar-refractivity contribution in [2.24, 2.45) is 5.92 Å². The molecule has 1 N–H and O–H groups in total. The number of aryl methyl sites for hydroxylation is 1. The Kier molecular flexibility index (Phi) is 5.22. The molecular weight excluding hydrogens is 254 g/mol. The minimum Gasteiger partial charge on any atom is -0.348 e. The van der Waals surface area contributed by atoms with Gasteiger partial charge in [0.2, 0.25) is 0 Å². The number of thiazole rings is 1. The van der Waals surface area contributed by atoms with Crippen LogP contribution in [0.5, 0.6) is 0 Å². The lowest BCUT2D eigenvalue weighted by Crippen LogP contribution is -2.24. The molecule has 0 amide bonds. The van der Waals surface area contributed by atoms with Gasteiger partial charge < -0.3 is 10.2 Å². The van der Waals surface area contributed by atoms with E-state index in [4.69, 9.17) is 4.98 Å². The molecule has 1 aromatic heterocycles. The van der Waals surface area contributed by atoms with Crippen LogP contribution in [0.25, 0.3) is 0 Å². The Hall–Kier alpha value is -0.610. The molecule has 1 fully saturated rings. The van der Waals surface area contributed by atoms with Crippen molar-refractivity contribution in [2.75, 3.05) is 24.5 Å². The Balaban J connectivity index is 2.05. The molecule has 3 nitrogen and oxygen atoms in total.